The van der Waals surface area contributed by atoms with Gasteiger partial charge in [0.2, 0.25) is 5.91 Å². The molecule has 0 saturated heterocycles. The van der Waals surface area contributed by atoms with Crippen LogP contribution >= 0.6 is 11.8 Å². The lowest BCUT2D eigenvalue weighted by molar-refractivity contribution is -0.118. The van der Waals surface area contributed by atoms with E-state index in [1.165, 1.54) is 22.7 Å². The van der Waals surface area contributed by atoms with Gasteiger partial charge in [-0.1, -0.05) is 68.1 Å². The van der Waals surface area contributed by atoms with E-state index in [1.54, 1.807) is 6.33 Å². The first-order valence-corrected chi connectivity index (χ1v) is 11.6. The van der Waals surface area contributed by atoms with E-state index < -0.39 is 0 Å². The van der Waals surface area contributed by atoms with Gasteiger partial charge >= 0.3 is 0 Å². The maximum Gasteiger partial charge on any atom is 0.230 e. The number of carbonyl (C=O) groups is 1. The average Bonchev–Trinajstić information content (AvgIpc) is 3.29. The van der Waals surface area contributed by atoms with E-state index in [-0.39, 0.29) is 11.7 Å². The number of aromatic nitrogens is 3. The van der Waals surface area contributed by atoms with Crippen molar-refractivity contribution < 1.29 is 9.53 Å². The van der Waals surface area contributed by atoms with Crippen LogP contribution < -0.4 is 10.1 Å². The molecule has 4 rings (SSSR count). The highest BCUT2D eigenvalue weighted by atomic mass is 32.2. The quantitative estimate of drug-likeness (QED) is 0.295. The van der Waals surface area contributed by atoms with Gasteiger partial charge < -0.3 is 10.1 Å². The number of hydrogen-bond acceptors (Lipinski definition) is 5. The number of rotatable bonds is 9. The molecule has 0 unspecified atom stereocenters. The molecule has 0 saturated carbocycles. The molecule has 6 nitrogen and oxygen atoms in total. The van der Waals surface area contributed by atoms with Gasteiger partial charge in [0, 0.05) is 5.69 Å². The Balaban J connectivity index is 1.23. The van der Waals surface area contributed by atoms with Crippen molar-refractivity contribution in [3.63, 3.8) is 0 Å². The second-order valence-electron chi connectivity index (χ2n) is 7.73. The molecular weight excluding hydrogens is 420 g/mol. The molecule has 32 heavy (non-hydrogen) atoms. The molecule has 0 spiro atoms. The molecule has 1 heterocycles. The first-order valence-electron chi connectivity index (χ1n) is 10.6. The van der Waals surface area contributed by atoms with E-state index in [4.69, 9.17) is 4.74 Å². The molecule has 0 aliphatic carbocycles. The number of benzene rings is 3. The van der Waals surface area contributed by atoms with Crippen molar-refractivity contribution in [3.8, 4) is 11.4 Å². The molecule has 0 radical (unpaired) electrons. The second kappa shape index (κ2) is 10.3. The molecule has 3 aromatic carbocycles. The van der Waals surface area contributed by atoms with E-state index in [0.717, 1.165) is 16.8 Å². The zero-order valence-electron chi connectivity index (χ0n) is 18.2. The Labute approximate surface area is 192 Å². The number of thioether (sulfide) groups is 1. The van der Waals surface area contributed by atoms with Crippen LogP contribution in [0.2, 0.25) is 0 Å². The minimum Gasteiger partial charge on any atom is -0.492 e. The van der Waals surface area contributed by atoms with Crippen molar-refractivity contribution in [1.82, 2.24) is 20.1 Å². The topological polar surface area (TPSA) is 69.0 Å². The third kappa shape index (κ3) is 5.48. The van der Waals surface area contributed by atoms with Crippen molar-refractivity contribution in [2.75, 3.05) is 18.9 Å². The van der Waals surface area contributed by atoms with Gasteiger partial charge in [-0.15, -0.1) is 10.2 Å². The van der Waals surface area contributed by atoms with E-state index in [0.29, 0.717) is 24.2 Å². The molecule has 1 N–H and O–H groups in total. The Bertz CT molecular complexity index is 1190. The van der Waals surface area contributed by atoms with Gasteiger partial charge in [-0.3, -0.25) is 9.36 Å². The zero-order valence-corrected chi connectivity index (χ0v) is 19.0. The number of carbonyl (C=O) groups excluding carboxylic acids is 1. The summed E-state index contributed by atoms with van der Waals surface area (Å²) in [5.41, 5.74) is 2.26. The van der Waals surface area contributed by atoms with Gasteiger partial charge in [0.1, 0.15) is 18.7 Å². The lowest BCUT2D eigenvalue weighted by Gasteiger charge is -2.10. The van der Waals surface area contributed by atoms with Gasteiger partial charge in [-0.2, -0.15) is 0 Å². The first-order chi connectivity index (χ1) is 15.6. The van der Waals surface area contributed by atoms with Gasteiger partial charge in [0.15, 0.2) is 5.16 Å². The van der Waals surface area contributed by atoms with Crippen molar-refractivity contribution in [3.05, 3.63) is 78.6 Å². The number of nitrogens with zero attached hydrogens (tertiary/aromatic N) is 3. The fourth-order valence-corrected chi connectivity index (χ4v) is 4.08. The third-order valence-electron chi connectivity index (χ3n) is 5.10. The van der Waals surface area contributed by atoms with Crippen LogP contribution in [-0.4, -0.2) is 39.6 Å². The molecule has 164 valence electrons. The van der Waals surface area contributed by atoms with E-state index in [2.05, 4.69) is 53.6 Å². The highest BCUT2D eigenvalue weighted by molar-refractivity contribution is 7.99. The summed E-state index contributed by atoms with van der Waals surface area (Å²) in [7, 11) is 0. The molecule has 4 aromatic rings. The number of amides is 1. The molecule has 1 amide bonds. The van der Waals surface area contributed by atoms with E-state index >= 15 is 0 Å². The highest BCUT2D eigenvalue weighted by Crippen LogP contribution is 2.22. The van der Waals surface area contributed by atoms with Crippen LogP contribution in [0.4, 0.5) is 0 Å². The zero-order chi connectivity index (χ0) is 22.3. The standard InChI is InChI=1S/C25H26N4O2S/c1-18(2)19-7-10-22(11-8-19)29-17-27-28-25(29)32-16-24(30)26-13-14-31-23-12-9-20-5-3-4-6-21(20)15-23/h3-12,15,17-18H,13-14,16H2,1-2H3,(H,26,30). The number of fused-ring (bicyclic) bond motifs is 1. The van der Waals surface area contributed by atoms with Crippen LogP contribution in [-0.2, 0) is 4.79 Å². The predicted octanol–water partition coefficient (Wildman–Crippen LogP) is 4.83. The lowest BCUT2D eigenvalue weighted by atomic mass is 10.0. The van der Waals surface area contributed by atoms with Gasteiger partial charge in [-0.25, -0.2) is 0 Å². The second-order valence-corrected chi connectivity index (χ2v) is 8.67. The number of ether oxygens (including phenoxy) is 1. The normalized spacial score (nSPS) is 11.1. The fraction of sp³-hybridized carbons (Fsp3) is 0.240. The summed E-state index contributed by atoms with van der Waals surface area (Å²) in [5.74, 6) is 1.47. The number of nitrogens with one attached hydrogen (secondary N) is 1. The molecule has 0 bridgehead atoms. The van der Waals surface area contributed by atoms with Crippen LogP contribution in [0.15, 0.2) is 78.2 Å². The molecule has 1 aromatic heterocycles. The van der Waals surface area contributed by atoms with E-state index in [9.17, 15) is 4.79 Å². The van der Waals surface area contributed by atoms with Crippen molar-refractivity contribution in [2.45, 2.75) is 24.9 Å². The van der Waals surface area contributed by atoms with Crippen LogP contribution in [0.25, 0.3) is 16.5 Å². The highest BCUT2D eigenvalue weighted by Gasteiger charge is 2.10. The minimum atomic E-state index is -0.0678. The summed E-state index contributed by atoms with van der Waals surface area (Å²) in [6.07, 6.45) is 1.67. The lowest BCUT2D eigenvalue weighted by Crippen LogP contribution is -2.29. The SMILES string of the molecule is CC(C)c1ccc(-n2cnnc2SCC(=O)NCCOc2ccc3ccccc3c2)cc1. The summed E-state index contributed by atoms with van der Waals surface area (Å²) in [6.45, 7) is 5.18. The van der Waals surface area contributed by atoms with Gasteiger partial charge in [0.05, 0.1) is 12.3 Å². The fourth-order valence-electron chi connectivity index (χ4n) is 3.32. The molecule has 0 atom stereocenters. The van der Waals surface area contributed by atoms with Crippen molar-refractivity contribution in [1.29, 1.82) is 0 Å². The van der Waals surface area contributed by atoms with Gasteiger partial charge in [-0.05, 0) is 46.5 Å². The summed E-state index contributed by atoms with van der Waals surface area (Å²) >= 11 is 1.36. The molecule has 7 heteroatoms. The summed E-state index contributed by atoms with van der Waals surface area (Å²) in [4.78, 5) is 12.2. The van der Waals surface area contributed by atoms with Crippen LogP contribution in [0, 0.1) is 0 Å². The van der Waals surface area contributed by atoms with Gasteiger partial charge in [0.25, 0.3) is 0 Å². The van der Waals surface area contributed by atoms with Crippen LogP contribution in [0.5, 0.6) is 5.75 Å². The molecular formula is C25H26N4O2S. The average molecular weight is 447 g/mol. The Morgan fingerprint density at radius 2 is 1.84 bits per heavy atom. The molecule has 0 aliphatic heterocycles. The largest absolute Gasteiger partial charge is 0.492 e. The number of hydrogen-bond donors (Lipinski definition) is 1. The Hall–Kier alpha value is -3.32. The Kier molecular flexibility index (Phi) is 7.07. The minimum absolute atomic E-state index is 0.0678. The Morgan fingerprint density at radius 3 is 2.62 bits per heavy atom. The monoisotopic (exact) mass is 446 g/mol. The summed E-state index contributed by atoms with van der Waals surface area (Å²) < 4.78 is 7.66. The van der Waals surface area contributed by atoms with Crippen molar-refractivity contribution >= 4 is 28.4 Å². The maximum atomic E-state index is 12.2. The smallest absolute Gasteiger partial charge is 0.230 e. The summed E-state index contributed by atoms with van der Waals surface area (Å²) in [5, 5.41) is 14.0. The predicted molar refractivity (Wildman–Crippen MR) is 129 cm³/mol. The van der Waals surface area contributed by atoms with E-state index in [1.807, 2.05) is 47.0 Å². The van der Waals surface area contributed by atoms with Crippen LogP contribution in [0.3, 0.4) is 0 Å². The maximum absolute atomic E-state index is 12.2. The summed E-state index contributed by atoms with van der Waals surface area (Å²) in [6, 6.07) is 22.4. The third-order valence-corrected chi connectivity index (χ3v) is 6.04. The Morgan fingerprint density at radius 1 is 1.06 bits per heavy atom. The molecule has 0 aliphatic rings. The van der Waals surface area contributed by atoms with Crippen molar-refractivity contribution in [2.24, 2.45) is 0 Å². The van der Waals surface area contributed by atoms with Crippen LogP contribution in [0.1, 0.15) is 25.3 Å². The molecule has 0 fully saturated rings. The first kappa shape index (κ1) is 21.9.